The average Bonchev–Trinajstić information content (AvgIpc) is 2.77. The van der Waals surface area contributed by atoms with Crippen LogP contribution in [0.3, 0.4) is 0 Å². The highest BCUT2D eigenvalue weighted by atomic mass is 16.5. The van der Waals surface area contributed by atoms with Gasteiger partial charge in [0.25, 0.3) is 0 Å². The van der Waals surface area contributed by atoms with Gasteiger partial charge in [0.1, 0.15) is 0 Å². The largest absolute Gasteiger partial charge is 0.381 e. The van der Waals surface area contributed by atoms with Crippen LogP contribution in [0.2, 0.25) is 0 Å². The molecule has 1 aromatic rings. The number of hydrogen-bond donors (Lipinski definition) is 2. The van der Waals surface area contributed by atoms with E-state index in [4.69, 9.17) is 4.74 Å². The first kappa shape index (κ1) is 13.1. The maximum atomic E-state index is 11.8. The molecule has 0 aliphatic carbocycles. The third-order valence-corrected chi connectivity index (χ3v) is 3.12. The van der Waals surface area contributed by atoms with E-state index in [0.717, 1.165) is 31.7 Å². The van der Waals surface area contributed by atoms with Gasteiger partial charge < -0.3 is 10.1 Å². The van der Waals surface area contributed by atoms with E-state index in [1.807, 2.05) is 26.8 Å². The summed E-state index contributed by atoms with van der Waals surface area (Å²) in [5.41, 5.74) is 0.631. The lowest BCUT2D eigenvalue weighted by molar-refractivity contribution is -0.123. The number of ether oxygens (including phenoxy) is 1. The summed E-state index contributed by atoms with van der Waals surface area (Å²) in [5.74, 6) is 0.933. The number of carbonyl (C=O) groups excluding carboxylic acids is 1. The number of amides is 1. The minimum absolute atomic E-state index is 0.0274. The summed E-state index contributed by atoms with van der Waals surface area (Å²) in [6.07, 6.45) is 2.18. The van der Waals surface area contributed by atoms with Gasteiger partial charge in [-0.05, 0) is 12.8 Å². The maximum Gasteiger partial charge on any atom is 0.230 e. The molecule has 1 aliphatic rings. The van der Waals surface area contributed by atoms with Crippen LogP contribution in [0.1, 0.15) is 45.2 Å². The van der Waals surface area contributed by atoms with Crippen LogP contribution in [0.5, 0.6) is 0 Å². The lowest BCUT2D eigenvalue weighted by Gasteiger charge is -2.20. The molecule has 100 valence electrons. The molecule has 5 heteroatoms. The molecule has 1 aromatic heterocycles. The first-order valence-corrected chi connectivity index (χ1v) is 6.41. The Morgan fingerprint density at radius 3 is 2.94 bits per heavy atom. The highest BCUT2D eigenvalue weighted by Crippen LogP contribution is 2.25. The van der Waals surface area contributed by atoms with Crippen LogP contribution in [0, 0.1) is 5.41 Å². The summed E-state index contributed by atoms with van der Waals surface area (Å²) >= 11 is 0. The molecule has 18 heavy (non-hydrogen) atoms. The van der Waals surface area contributed by atoms with Crippen LogP contribution in [0.25, 0.3) is 0 Å². The molecule has 1 fully saturated rings. The maximum absolute atomic E-state index is 11.8. The van der Waals surface area contributed by atoms with E-state index in [2.05, 4.69) is 15.5 Å². The number of nitrogens with one attached hydrogen (secondary N) is 2. The highest BCUT2D eigenvalue weighted by molar-refractivity contribution is 5.93. The van der Waals surface area contributed by atoms with Crippen LogP contribution in [-0.4, -0.2) is 29.3 Å². The van der Waals surface area contributed by atoms with Crippen molar-refractivity contribution in [2.24, 2.45) is 5.41 Å². The van der Waals surface area contributed by atoms with Crippen molar-refractivity contribution >= 4 is 11.7 Å². The van der Waals surface area contributed by atoms with Gasteiger partial charge in [0.15, 0.2) is 5.82 Å². The van der Waals surface area contributed by atoms with Gasteiger partial charge in [0.2, 0.25) is 5.91 Å². The van der Waals surface area contributed by atoms with Crippen molar-refractivity contribution in [1.82, 2.24) is 10.2 Å². The monoisotopic (exact) mass is 251 g/mol. The van der Waals surface area contributed by atoms with Crippen LogP contribution in [-0.2, 0) is 9.53 Å². The Morgan fingerprint density at radius 1 is 1.56 bits per heavy atom. The Kier molecular flexibility index (Phi) is 3.71. The quantitative estimate of drug-likeness (QED) is 0.847. The van der Waals surface area contributed by atoms with Gasteiger partial charge in [0.05, 0.1) is 6.61 Å². The Hall–Kier alpha value is -1.36. The number of carbonyl (C=O) groups is 1. The van der Waals surface area contributed by atoms with Gasteiger partial charge in [-0.3, -0.25) is 9.89 Å². The molecule has 0 aromatic carbocycles. The predicted octanol–water partition coefficient (Wildman–Crippen LogP) is 2.29. The number of anilines is 1. The zero-order valence-electron chi connectivity index (χ0n) is 11.2. The van der Waals surface area contributed by atoms with Crippen molar-refractivity contribution in [3.05, 3.63) is 11.8 Å². The summed E-state index contributed by atoms with van der Waals surface area (Å²) in [6.45, 7) is 7.22. The minimum Gasteiger partial charge on any atom is -0.381 e. The first-order valence-electron chi connectivity index (χ1n) is 6.41. The van der Waals surface area contributed by atoms with E-state index in [1.165, 1.54) is 0 Å². The number of nitrogens with zero attached hydrogens (tertiary/aromatic N) is 1. The minimum atomic E-state index is -0.410. The van der Waals surface area contributed by atoms with Crippen molar-refractivity contribution in [3.8, 4) is 0 Å². The number of rotatable bonds is 2. The van der Waals surface area contributed by atoms with E-state index in [9.17, 15) is 4.79 Å². The van der Waals surface area contributed by atoms with Crippen molar-refractivity contribution in [3.63, 3.8) is 0 Å². The number of H-pyrrole nitrogens is 1. The molecule has 1 amide bonds. The molecule has 0 radical (unpaired) electrons. The fourth-order valence-corrected chi connectivity index (χ4v) is 1.90. The lowest BCUT2D eigenvalue weighted by atomic mass is 9.95. The molecule has 0 spiro atoms. The molecule has 2 N–H and O–H groups in total. The van der Waals surface area contributed by atoms with Crippen LogP contribution in [0.15, 0.2) is 6.07 Å². The smallest absolute Gasteiger partial charge is 0.230 e. The fraction of sp³-hybridized carbons (Fsp3) is 0.692. The first-order chi connectivity index (χ1) is 8.47. The second-order valence-electron chi connectivity index (χ2n) is 5.83. The molecule has 0 bridgehead atoms. The molecule has 2 heterocycles. The van der Waals surface area contributed by atoms with Crippen LogP contribution >= 0.6 is 0 Å². The normalized spacial score (nSPS) is 20.7. The van der Waals surface area contributed by atoms with Crippen molar-refractivity contribution < 1.29 is 9.53 Å². The Labute approximate surface area is 107 Å². The second-order valence-corrected chi connectivity index (χ2v) is 5.83. The number of aromatic amines is 1. The van der Waals surface area contributed by atoms with Gasteiger partial charge in [0, 0.05) is 29.7 Å². The van der Waals surface area contributed by atoms with E-state index in [-0.39, 0.29) is 5.91 Å². The predicted molar refractivity (Wildman–Crippen MR) is 69.5 cm³/mol. The summed E-state index contributed by atoms with van der Waals surface area (Å²) < 4.78 is 5.45. The molecule has 1 aliphatic heterocycles. The number of aromatic nitrogens is 2. The van der Waals surface area contributed by atoms with Gasteiger partial charge >= 0.3 is 0 Å². The van der Waals surface area contributed by atoms with Crippen molar-refractivity contribution in [2.45, 2.75) is 39.5 Å². The van der Waals surface area contributed by atoms with E-state index < -0.39 is 5.41 Å². The summed E-state index contributed by atoms with van der Waals surface area (Å²) in [4.78, 5) is 11.8. The third-order valence-electron chi connectivity index (χ3n) is 3.12. The van der Waals surface area contributed by atoms with Gasteiger partial charge in [-0.1, -0.05) is 20.8 Å². The summed E-state index contributed by atoms with van der Waals surface area (Å²) in [7, 11) is 0. The average molecular weight is 251 g/mol. The topological polar surface area (TPSA) is 67.0 Å². The Balaban J connectivity index is 1.99. The summed E-state index contributed by atoms with van der Waals surface area (Å²) in [5, 5.41) is 9.94. The molecular formula is C13H21N3O2. The fourth-order valence-electron chi connectivity index (χ4n) is 1.90. The highest BCUT2D eigenvalue weighted by Gasteiger charge is 2.23. The van der Waals surface area contributed by atoms with E-state index in [0.29, 0.717) is 11.7 Å². The van der Waals surface area contributed by atoms with E-state index >= 15 is 0 Å². The molecular weight excluding hydrogens is 230 g/mol. The molecule has 1 atom stereocenters. The second kappa shape index (κ2) is 5.10. The van der Waals surface area contributed by atoms with Gasteiger partial charge in [-0.2, -0.15) is 5.10 Å². The molecule has 0 saturated carbocycles. The SMILES string of the molecule is CC(C)(C)C(=O)Nc1cc([C@@H]2CCCOC2)[nH]n1. The van der Waals surface area contributed by atoms with Crippen molar-refractivity contribution in [2.75, 3.05) is 18.5 Å². The van der Waals surface area contributed by atoms with Gasteiger partial charge in [-0.15, -0.1) is 0 Å². The lowest BCUT2D eigenvalue weighted by Crippen LogP contribution is -2.27. The molecule has 5 nitrogen and oxygen atoms in total. The van der Waals surface area contributed by atoms with Gasteiger partial charge in [-0.25, -0.2) is 0 Å². The van der Waals surface area contributed by atoms with E-state index in [1.54, 1.807) is 0 Å². The van der Waals surface area contributed by atoms with Crippen molar-refractivity contribution in [1.29, 1.82) is 0 Å². The zero-order valence-corrected chi connectivity index (χ0v) is 11.2. The van der Waals surface area contributed by atoms with Crippen LogP contribution < -0.4 is 5.32 Å². The Morgan fingerprint density at radius 2 is 2.33 bits per heavy atom. The Bertz CT molecular complexity index is 414. The standard InChI is InChI=1S/C13H21N3O2/c1-13(2,3)12(17)14-11-7-10(15-16-11)9-5-4-6-18-8-9/h7,9H,4-6,8H2,1-3H3,(H2,14,15,16,17)/t9-/m1/s1. The summed E-state index contributed by atoms with van der Waals surface area (Å²) in [6, 6.07) is 1.91. The molecule has 0 unspecified atom stereocenters. The number of hydrogen-bond acceptors (Lipinski definition) is 3. The molecule has 2 rings (SSSR count). The third kappa shape index (κ3) is 3.10. The molecule has 1 saturated heterocycles. The van der Waals surface area contributed by atoms with Crippen LogP contribution in [0.4, 0.5) is 5.82 Å². The zero-order chi connectivity index (χ0) is 13.2.